The van der Waals surface area contributed by atoms with E-state index in [1.807, 2.05) is 97.1 Å². The summed E-state index contributed by atoms with van der Waals surface area (Å²) in [5.74, 6) is 1.97. The Kier molecular flexibility index (Phi) is 10.2. The van der Waals surface area contributed by atoms with E-state index in [0.29, 0.717) is 45.9 Å². The topological polar surface area (TPSA) is 224 Å². The van der Waals surface area contributed by atoms with Crippen molar-refractivity contribution in [3.05, 3.63) is 170 Å². The van der Waals surface area contributed by atoms with Crippen LogP contribution in [0.2, 0.25) is 0 Å². The number of imidazole rings is 4. The largest absolute Gasteiger partial charge is 0.333 e. The monoisotopic (exact) mass is 1110 g/mol. The summed E-state index contributed by atoms with van der Waals surface area (Å²) in [4.78, 5) is 76.7. The predicted octanol–water partition coefficient (Wildman–Crippen LogP) is 15.0. The Balaban J connectivity index is 0.891. The van der Waals surface area contributed by atoms with Gasteiger partial charge in [0.15, 0.2) is 43.9 Å². The lowest BCUT2D eigenvalue weighted by Gasteiger charge is -2.03. The number of aromatic nitrogens is 16. The fourth-order valence-corrected chi connectivity index (χ4v) is 13.7. The first kappa shape index (κ1) is 45.4. The van der Waals surface area contributed by atoms with Gasteiger partial charge in [0.2, 0.25) is 0 Å². The Morgan fingerprint density at radius 2 is 0.537 bits per heavy atom. The van der Waals surface area contributed by atoms with Gasteiger partial charge < -0.3 is 29.9 Å². The van der Waals surface area contributed by atoms with Gasteiger partial charge in [0.25, 0.3) is 0 Å². The maximum atomic E-state index is 5.40. The third-order valence-electron chi connectivity index (χ3n) is 14.0. The van der Waals surface area contributed by atoms with E-state index >= 15 is 0 Å². The number of para-hydroxylation sites is 8. The van der Waals surface area contributed by atoms with Crippen LogP contribution in [0, 0.1) is 0 Å². The van der Waals surface area contributed by atoms with Gasteiger partial charge in [-0.05, 0) is 121 Å². The maximum absolute atomic E-state index is 5.40. The zero-order chi connectivity index (χ0) is 52.4. The Morgan fingerprint density at radius 3 is 0.887 bits per heavy atom. The molecule has 7 aromatic heterocycles. The lowest BCUT2D eigenvalue weighted by Crippen LogP contribution is -1.85. The number of nitrogens with one attached hydrogen (secondary N) is 6. The molecule has 15 aromatic rings. The van der Waals surface area contributed by atoms with E-state index in [1.54, 1.807) is 47.0 Å². The smallest absolute Gasteiger partial charge is 0.171 e. The summed E-state index contributed by atoms with van der Waals surface area (Å²) in [6.07, 6.45) is 0. The van der Waals surface area contributed by atoms with Crippen molar-refractivity contribution < 1.29 is 0 Å². The normalized spacial score (nSPS) is 12.2. The van der Waals surface area contributed by atoms with Gasteiger partial charge in [-0.25, -0.2) is 49.8 Å². The molecule has 16 nitrogen and oxygen atoms in total. The number of hydrogen-bond donors (Lipinski definition) is 6. The summed E-state index contributed by atoms with van der Waals surface area (Å²) in [5.41, 5.74) is 13.1. The Labute approximate surface area is 467 Å². The minimum atomic E-state index is 0.490. The number of benzene rings is 8. The minimum Gasteiger partial charge on any atom is -0.333 e. The summed E-state index contributed by atoms with van der Waals surface area (Å²) < 4.78 is 0. The first-order valence-corrected chi connectivity index (χ1v) is 28.6. The second-order valence-electron chi connectivity index (χ2n) is 19.1. The molecule has 20 heteroatoms. The van der Waals surface area contributed by atoms with E-state index in [1.165, 1.54) is 0 Å². The Bertz CT molecular complexity index is 4810. The predicted molar refractivity (Wildman–Crippen MR) is 317 cm³/mol. The quantitative estimate of drug-likeness (QED) is 0.0833. The van der Waals surface area contributed by atoms with Crippen LogP contribution < -0.4 is 0 Å². The van der Waals surface area contributed by atoms with E-state index in [9.17, 15) is 0 Å². The lowest BCUT2D eigenvalue weighted by atomic mass is 10.1. The SMILES string of the molecule is c1ccc2[nH]c(Sc3ccc4c(c3)-c3nc-4nc4[nH]c(nc5nc(nc6[nH]c(n3)c3ccc(Sc7nc8ccccc8[nH]7)cc63)-c3ccc(Sc6nc7ccccc7[nH]6)cc3-5)c3ccc(Sc5nc6ccccc6[nH]5)cc43)nc2c1. The molecular formula is C60H34N16S4. The fraction of sp³-hybridized carbons (Fsp3) is 0. The van der Waals surface area contributed by atoms with Crippen molar-refractivity contribution in [2.24, 2.45) is 0 Å². The highest BCUT2D eigenvalue weighted by Crippen LogP contribution is 2.43. The van der Waals surface area contributed by atoms with Crippen LogP contribution in [0.1, 0.15) is 0 Å². The summed E-state index contributed by atoms with van der Waals surface area (Å²) in [6, 6.07) is 57.2. The van der Waals surface area contributed by atoms with Crippen LogP contribution in [0.15, 0.2) is 210 Å². The van der Waals surface area contributed by atoms with Gasteiger partial charge in [0, 0.05) is 63.4 Å². The van der Waals surface area contributed by atoms with Gasteiger partial charge >= 0.3 is 0 Å². The van der Waals surface area contributed by atoms with Crippen molar-refractivity contribution >= 4 is 135 Å². The standard InChI is InChI=1S/C60H34N16S4/c1-2-10-42-41(9-1)61-57(62-42)77-29-17-21-33-37(25-29)53-69-49(33)74-54-39-27-31(79-59-65-45-13-5-6-14-46(45)66-59)19-23-35(39)51(71-54)76-56-40-28-32(80-60-67-47-15-7-8-16-48(47)68-60)20-24-36(40)52(72-56)75-55-38-26-30(18-22-34(38)50(70-55)73-53)78-58-63-43-11-3-4-12-44(43)64-58/h1-28H,(H,61,62)(H,63,64)(H,65,66)(H,67,68)(H2,69,70,71,72,73,74,75,76). The van der Waals surface area contributed by atoms with Crippen LogP contribution in [0.25, 0.3) is 134 Å². The summed E-state index contributed by atoms with van der Waals surface area (Å²) in [7, 11) is 0. The number of H-pyrrole nitrogens is 6. The van der Waals surface area contributed by atoms with Crippen LogP contribution >= 0.6 is 47.0 Å². The Hall–Kier alpha value is -9.60. The summed E-state index contributed by atoms with van der Waals surface area (Å²) in [5, 5.41) is 6.51. The van der Waals surface area contributed by atoms with Crippen molar-refractivity contribution in [1.82, 2.24) is 79.7 Å². The average molecular weight is 1110 g/mol. The number of fused-ring (bicyclic) bond motifs is 24. The van der Waals surface area contributed by atoms with Crippen LogP contribution in [-0.4, -0.2) is 79.7 Å². The van der Waals surface area contributed by atoms with Gasteiger partial charge in [-0.3, -0.25) is 0 Å². The number of hydrogen-bond acceptors (Lipinski definition) is 14. The molecule has 0 saturated heterocycles. The zero-order valence-electron chi connectivity index (χ0n) is 41.3. The van der Waals surface area contributed by atoms with Crippen LogP contribution in [0.5, 0.6) is 0 Å². The first-order chi connectivity index (χ1) is 39.5. The van der Waals surface area contributed by atoms with E-state index in [-0.39, 0.29) is 0 Å². The summed E-state index contributed by atoms with van der Waals surface area (Å²) >= 11 is 6.19. The molecule has 80 heavy (non-hydrogen) atoms. The third-order valence-corrected chi connectivity index (χ3v) is 17.6. The second kappa shape index (κ2) is 18.0. The molecule has 2 aliphatic heterocycles. The molecule has 0 aliphatic carbocycles. The van der Waals surface area contributed by atoms with E-state index in [2.05, 4.69) is 103 Å². The van der Waals surface area contributed by atoms with Crippen molar-refractivity contribution in [3.8, 4) is 45.6 Å². The van der Waals surface area contributed by atoms with Crippen molar-refractivity contribution in [2.45, 2.75) is 40.2 Å². The first-order valence-electron chi connectivity index (χ1n) is 25.4. The van der Waals surface area contributed by atoms with Crippen molar-refractivity contribution in [1.29, 1.82) is 0 Å². The van der Waals surface area contributed by atoms with Gasteiger partial charge in [-0.1, -0.05) is 95.6 Å². The highest BCUT2D eigenvalue weighted by molar-refractivity contribution is 8.00. The van der Waals surface area contributed by atoms with Gasteiger partial charge in [-0.15, -0.1) is 0 Å². The molecule has 0 fully saturated rings. The molecule has 2 aliphatic rings. The lowest BCUT2D eigenvalue weighted by molar-refractivity contribution is 1.08. The molecule has 0 atom stereocenters. The molecule has 9 heterocycles. The van der Waals surface area contributed by atoms with Crippen LogP contribution in [-0.2, 0) is 0 Å². The van der Waals surface area contributed by atoms with Crippen molar-refractivity contribution in [3.63, 3.8) is 0 Å². The molecular weight excluding hydrogens is 1070 g/mol. The minimum absolute atomic E-state index is 0.490. The van der Waals surface area contributed by atoms with Gasteiger partial charge in [-0.2, -0.15) is 0 Å². The summed E-state index contributed by atoms with van der Waals surface area (Å²) in [6.45, 7) is 0. The molecule has 0 spiro atoms. The Morgan fingerprint density at radius 1 is 0.237 bits per heavy atom. The molecule has 378 valence electrons. The van der Waals surface area contributed by atoms with Gasteiger partial charge in [0.05, 0.1) is 44.1 Å². The van der Waals surface area contributed by atoms with E-state index < -0.39 is 0 Å². The van der Waals surface area contributed by atoms with Crippen LogP contribution in [0.3, 0.4) is 0 Å². The molecule has 8 bridgehead atoms. The molecule has 0 radical (unpaired) electrons. The highest BCUT2D eigenvalue weighted by Gasteiger charge is 2.25. The molecule has 6 N–H and O–H groups in total. The van der Waals surface area contributed by atoms with E-state index in [0.717, 1.165) is 128 Å². The molecule has 0 amide bonds. The maximum Gasteiger partial charge on any atom is 0.171 e. The number of rotatable bonds is 8. The zero-order valence-corrected chi connectivity index (χ0v) is 44.5. The third kappa shape index (κ3) is 7.89. The highest BCUT2D eigenvalue weighted by atomic mass is 32.2. The fourth-order valence-electron chi connectivity index (χ4n) is 10.3. The number of nitrogens with zero attached hydrogens (tertiary/aromatic N) is 10. The average Bonchev–Trinajstić information content (AvgIpc) is 4.55. The number of aromatic amines is 6. The molecule has 0 saturated carbocycles. The molecule has 8 aromatic carbocycles. The molecule has 17 rings (SSSR count). The van der Waals surface area contributed by atoms with Gasteiger partial charge in [0.1, 0.15) is 22.6 Å². The molecule has 0 unspecified atom stereocenters. The van der Waals surface area contributed by atoms with E-state index in [4.69, 9.17) is 49.8 Å². The second-order valence-corrected chi connectivity index (χ2v) is 23.3. The van der Waals surface area contributed by atoms with Crippen molar-refractivity contribution in [2.75, 3.05) is 0 Å². The van der Waals surface area contributed by atoms with Crippen LogP contribution in [0.4, 0.5) is 0 Å².